The zero-order valence-corrected chi connectivity index (χ0v) is 17.3. The van der Waals surface area contributed by atoms with E-state index in [1.54, 1.807) is 6.92 Å². The van der Waals surface area contributed by atoms with Crippen molar-refractivity contribution in [1.29, 1.82) is 0 Å². The van der Waals surface area contributed by atoms with Crippen molar-refractivity contribution >= 4 is 11.9 Å². The lowest BCUT2D eigenvalue weighted by molar-refractivity contribution is -0.140. The van der Waals surface area contributed by atoms with E-state index in [1.165, 1.54) is 13.8 Å². The summed E-state index contributed by atoms with van der Waals surface area (Å²) in [6, 6.07) is 0. The van der Waals surface area contributed by atoms with Gasteiger partial charge in [0.25, 0.3) is 0 Å². The summed E-state index contributed by atoms with van der Waals surface area (Å²) in [6.07, 6.45) is 0. The molecular weight excluding hydrogens is 398 g/mol. The van der Waals surface area contributed by atoms with Crippen molar-refractivity contribution in [3.63, 3.8) is 0 Å². The summed E-state index contributed by atoms with van der Waals surface area (Å²) in [5.74, 6) is -1.33. The molecule has 1 fully saturated rings. The Kier molecular flexibility index (Phi) is 6.98. The molecule has 2 rings (SSSR count). The zero-order valence-electron chi connectivity index (χ0n) is 17.3. The van der Waals surface area contributed by atoms with E-state index in [2.05, 4.69) is 13.2 Å². The van der Waals surface area contributed by atoms with Crippen LogP contribution in [-0.2, 0) is 43.4 Å². The molecule has 0 saturated carbocycles. The Hall–Kier alpha value is -3.21. The molecule has 11 nitrogen and oxygen atoms in total. The zero-order chi connectivity index (χ0) is 22.6. The Morgan fingerprint density at radius 1 is 0.900 bits per heavy atom. The molecule has 0 aromatic carbocycles. The highest BCUT2D eigenvalue weighted by molar-refractivity contribution is 5.87. The van der Waals surface area contributed by atoms with Gasteiger partial charge in [-0.3, -0.25) is 0 Å². The van der Waals surface area contributed by atoms with Gasteiger partial charge in [-0.2, -0.15) is 0 Å². The molecule has 1 aromatic rings. The Bertz CT molecular complexity index is 985. The number of carbonyl (C=O) groups excluding carboxylic acids is 2. The van der Waals surface area contributed by atoms with Gasteiger partial charge in [-0.1, -0.05) is 13.2 Å². The number of esters is 2. The highest BCUT2D eigenvalue weighted by Gasteiger charge is 2.41. The summed E-state index contributed by atoms with van der Waals surface area (Å²) in [5.41, 5.74) is -2.93. The Morgan fingerprint density at radius 2 is 1.27 bits per heavy atom. The highest BCUT2D eigenvalue weighted by Crippen LogP contribution is 2.26. The molecule has 0 aliphatic carbocycles. The van der Waals surface area contributed by atoms with Crippen molar-refractivity contribution < 1.29 is 23.8 Å². The van der Waals surface area contributed by atoms with Gasteiger partial charge in [0, 0.05) is 11.1 Å². The van der Waals surface area contributed by atoms with E-state index in [4.69, 9.17) is 14.2 Å². The maximum atomic E-state index is 12.8. The molecule has 1 aliphatic heterocycles. The maximum Gasteiger partial charge on any atom is 0.336 e. The van der Waals surface area contributed by atoms with Crippen LogP contribution in [0.1, 0.15) is 20.8 Å². The quantitative estimate of drug-likeness (QED) is 0.272. The molecule has 30 heavy (non-hydrogen) atoms. The van der Waals surface area contributed by atoms with Crippen molar-refractivity contribution in [2.45, 2.75) is 46.0 Å². The van der Waals surface area contributed by atoms with Crippen molar-refractivity contribution in [3.8, 4) is 0 Å². The molecule has 1 unspecified atom stereocenters. The van der Waals surface area contributed by atoms with E-state index >= 15 is 0 Å². The molecule has 1 saturated heterocycles. The molecule has 1 aliphatic rings. The fraction of sp³-hybridized carbons (Fsp3) is 0.526. The van der Waals surface area contributed by atoms with Crippen molar-refractivity contribution in [2.75, 3.05) is 19.8 Å². The largest absolute Gasteiger partial charge is 0.460 e. The van der Waals surface area contributed by atoms with Crippen molar-refractivity contribution in [1.82, 2.24) is 13.7 Å². The van der Waals surface area contributed by atoms with Crippen molar-refractivity contribution in [2.24, 2.45) is 0 Å². The monoisotopic (exact) mass is 423 g/mol. The Balaban J connectivity index is 2.34. The maximum absolute atomic E-state index is 12.8. The van der Waals surface area contributed by atoms with Crippen LogP contribution in [0.15, 0.2) is 38.7 Å². The number of ether oxygens (including phenoxy) is 3. The van der Waals surface area contributed by atoms with E-state index < -0.39 is 34.6 Å². The third kappa shape index (κ3) is 5.44. The highest BCUT2D eigenvalue weighted by atomic mass is 16.6. The Morgan fingerprint density at radius 3 is 1.60 bits per heavy atom. The standard InChI is InChI=1S/C19H25N3O8/c1-12(2)14(23)28-8-6-20-16(25)21(7-9-29-15(24)13(3)4)18(27)22(17(20)26)10-19(5)11-30-19/h1,3,6-11H2,2,4-5H3. The minimum Gasteiger partial charge on any atom is -0.460 e. The second-order valence-electron chi connectivity index (χ2n) is 7.31. The van der Waals surface area contributed by atoms with E-state index in [0.29, 0.717) is 6.61 Å². The molecule has 164 valence electrons. The third-order valence-electron chi connectivity index (χ3n) is 4.31. The first-order valence-corrected chi connectivity index (χ1v) is 9.20. The number of carbonyl (C=O) groups is 2. The van der Waals surface area contributed by atoms with Gasteiger partial charge in [0.15, 0.2) is 0 Å². The molecule has 0 amide bonds. The predicted octanol–water partition coefficient (Wildman–Crippen LogP) is -0.801. The van der Waals surface area contributed by atoms with Gasteiger partial charge >= 0.3 is 29.0 Å². The van der Waals surface area contributed by atoms with Crippen LogP contribution in [0, 0.1) is 0 Å². The lowest BCUT2D eigenvalue weighted by Gasteiger charge is -2.15. The Labute approximate surface area is 171 Å². The fourth-order valence-corrected chi connectivity index (χ4v) is 2.46. The molecular formula is C19H25N3O8. The molecule has 1 atom stereocenters. The van der Waals surface area contributed by atoms with Gasteiger partial charge in [-0.25, -0.2) is 37.7 Å². The lowest BCUT2D eigenvalue weighted by atomic mass is 10.2. The number of hydrogen-bond acceptors (Lipinski definition) is 8. The third-order valence-corrected chi connectivity index (χ3v) is 4.31. The summed E-state index contributed by atoms with van der Waals surface area (Å²) in [4.78, 5) is 61.3. The second kappa shape index (κ2) is 9.08. The van der Waals surface area contributed by atoms with Gasteiger partial charge in [0.1, 0.15) is 18.8 Å². The van der Waals surface area contributed by atoms with Crippen LogP contribution in [0.5, 0.6) is 0 Å². The number of rotatable bonds is 10. The van der Waals surface area contributed by atoms with E-state index in [9.17, 15) is 24.0 Å². The summed E-state index contributed by atoms with van der Waals surface area (Å²) < 4.78 is 17.6. The SMILES string of the molecule is C=C(C)C(=O)OCCn1c(=O)n(CCOC(=O)C(=C)C)c(=O)n(CC2(C)CO2)c1=O. The summed E-state index contributed by atoms with van der Waals surface area (Å²) in [6.45, 7) is 10.8. The minimum atomic E-state index is -0.902. The fourth-order valence-electron chi connectivity index (χ4n) is 2.46. The number of hydrogen-bond donors (Lipinski definition) is 0. The van der Waals surface area contributed by atoms with Gasteiger partial charge in [0.05, 0.1) is 26.2 Å². The molecule has 0 bridgehead atoms. The average molecular weight is 423 g/mol. The topological polar surface area (TPSA) is 131 Å². The van der Waals surface area contributed by atoms with Crippen LogP contribution >= 0.6 is 0 Å². The first-order chi connectivity index (χ1) is 14.0. The summed E-state index contributed by atoms with van der Waals surface area (Å²) in [5, 5.41) is 0. The predicted molar refractivity (Wildman–Crippen MR) is 105 cm³/mol. The average Bonchev–Trinajstić information content (AvgIpc) is 3.41. The smallest absolute Gasteiger partial charge is 0.336 e. The van der Waals surface area contributed by atoms with Crippen LogP contribution in [-0.4, -0.2) is 51.1 Å². The number of nitrogens with zero attached hydrogens (tertiary/aromatic N) is 3. The van der Waals surface area contributed by atoms with Crippen LogP contribution < -0.4 is 17.1 Å². The van der Waals surface area contributed by atoms with Crippen LogP contribution in [0.3, 0.4) is 0 Å². The summed E-state index contributed by atoms with van der Waals surface area (Å²) >= 11 is 0. The van der Waals surface area contributed by atoms with E-state index in [0.717, 1.165) is 13.7 Å². The van der Waals surface area contributed by atoms with Gasteiger partial charge in [0.2, 0.25) is 0 Å². The molecule has 1 aromatic heterocycles. The van der Waals surface area contributed by atoms with E-state index in [1.807, 2.05) is 0 Å². The van der Waals surface area contributed by atoms with Crippen LogP contribution in [0.4, 0.5) is 0 Å². The molecule has 0 N–H and O–H groups in total. The first-order valence-electron chi connectivity index (χ1n) is 9.20. The number of epoxide rings is 1. The normalized spacial score (nSPS) is 17.3. The van der Waals surface area contributed by atoms with Gasteiger partial charge in [-0.05, 0) is 20.8 Å². The molecule has 0 spiro atoms. The second-order valence-corrected chi connectivity index (χ2v) is 7.31. The first kappa shape index (κ1) is 23.1. The van der Waals surface area contributed by atoms with Crippen LogP contribution in [0.2, 0.25) is 0 Å². The molecule has 11 heteroatoms. The summed E-state index contributed by atoms with van der Waals surface area (Å²) in [7, 11) is 0. The minimum absolute atomic E-state index is 0.0535. The van der Waals surface area contributed by atoms with E-state index in [-0.39, 0.29) is 44.0 Å². The van der Waals surface area contributed by atoms with Gasteiger partial charge < -0.3 is 14.2 Å². The van der Waals surface area contributed by atoms with Gasteiger partial charge in [-0.15, -0.1) is 0 Å². The van der Waals surface area contributed by atoms with Crippen LogP contribution in [0.25, 0.3) is 0 Å². The lowest BCUT2D eigenvalue weighted by Crippen LogP contribution is -2.56. The molecule has 2 heterocycles. The molecule has 0 radical (unpaired) electrons. The van der Waals surface area contributed by atoms with Crippen molar-refractivity contribution in [3.05, 3.63) is 55.8 Å². The number of aromatic nitrogens is 3.